The Hall–Kier alpha value is -3.12. The third kappa shape index (κ3) is 4.66. The van der Waals surface area contributed by atoms with E-state index in [1.165, 1.54) is 24.3 Å². The molecule has 6 heteroatoms. The number of benzene rings is 3. The molecule has 0 aliphatic heterocycles. The Morgan fingerprint density at radius 2 is 1.24 bits per heavy atom. The number of rotatable bonds is 7. The van der Waals surface area contributed by atoms with Gasteiger partial charge in [-0.1, -0.05) is 91.0 Å². The van der Waals surface area contributed by atoms with Crippen LogP contribution in [0, 0.1) is 0 Å². The number of nitrogens with one attached hydrogen (secondary N) is 1. The fourth-order valence-electron chi connectivity index (χ4n) is 3.00. The van der Waals surface area contributed by atoms with Gasteiger partial charge in [0.1, 0.15) is 0 Å². The van der Waals surface area contributed by atoms with Gasteiger partial charge in [0.2, 0.25) is 0 Å². The van der Waals surface area contributed by atoms with Gasteiger partial charge >= 0.3 is 6.18 Å². The van der Waals surface area contributed by atoms with E-state index in [1.54, 1.807) is 66.7 Å². The number of hydrogen-bond donors (Lipinski definition) is 1. The van der Waals surface area contributed by atoms with E-state index in [4.69, 9.17) is 4.74 Å². The van der Waals surface area contributed by atoms with Crippen LogP contribution in [-0.4, -0.2) is 12.1 Å². The van der Waals surface area contributed by atoms with Crippen molar-refractivity contribution >= 4 is 5.91 Å². The first-order chi connectivity index (χ1) is 13.9. The zero-order valence-corrected chi connectivity index (χ0v) is 15.5. The molecule has 3 rings (SSSR count). The third-order valence-electron chi connectivity index (χ3n) is 4.49. The number of carbonyl (C=O) groups is 1. The van der Waals surface area contributed by atoms with Crippen molar-refractivity contribution in [2.24, 2.45) is 0 Å². The van der Waals surface area contributed by atoms with Gasteiger partial charge < -0.3 is 10.1 Å². The first kappa shape index (κ1) is 20.6. The molecule has 0 saturated carbocycles. The van der Waals surface area contributed by atoms with Crippen LogP contribution >= 0.6 is 0 Å². The fourth-order valence-corrected chi connectivity index (χ4v) is 3.00. The Morgan fingerprint density at radius 1 is 0.759 bits per heavy atom. The minimum Gasteiger partial charge on any atom is -0.349 e. The van der Waals surface area contributed by atoms with E-state index in [2.05, 4.69) is 5.32 Å². The van der Waals surface area contributed by atoms with Crippen LogP contribution in [0.3, 0.4) is 0 Å². The zero-order valence-electron chi connectivity index (χ0n) is 15.5. The Balaban J connectivity index is 1.95. The summed E-state index contributed by atoms with van der Waals surface area (Å²) in [5.74, 6) is -1.25. The molecule has 3 aromatic rings. The molecule has 1 amide bonds. The molecule has 0 aliphatic carbocycles. The lowest BCUT2D eigenvalue weighted by Gasteiger charge is -2.34. The summed E-state index contributed by atoms with van der Waals surface area (Å²) in [5, 5.41) is 2.40. The average molecular weight is 399 g/mol. The molecule has 1 atom stereocenters. The van der Waals surface area contributed by atoms with E-state index < -0.39 is 17.7 Å². The number of halogens is 3. The normalized spacial score (nSPS) is 13.5. The summed E-state index contributed by atoms with van der Waals surface area (Å²) in [6.45, 7) is -0.410. The van der Waals surface area contributed by atoms with Crippen LogP contribution in [0.5, 0.6) is 0 Å². The minimum atomic E-state index is -4.97. The Kier molecular flexibility index (Phi) is 6.34. The molecule has 150 valence electrons. The molecule has 0 fully saturated rings. The lowest BCUT2D eigenvalue weighted by molar-refractivity contribution is -0.277. The van der Waals surface area contributed by atoms with E-state index in [1.807, 2.05) is 0 Å². The number of hydrogen-bond acceptors (Lipinski definition) is 2. The molecule has 1 N–H and O–H groups in total. The van der Waals surface area contributed by atoms with Gasteiger partial charge in [-0.2, -0.15) is 13.2 Å². The van der Waals surface area contributed by atoms with Gasteiger partial charge in [-0.15, -0.1) is 0 Å². The highest BCUT2D eigenvalue weighted by Gasteiger charge is 2.63. The Labute approximate surface area is 167 Å². The topological polar surface area (TPSA) is 38.3 Å². The van der Waals surface area contributed by atoms with Crippen LogP contribution in [0.4, 0.5) is 13.2 Å². The van der Waals surface area contributed by atoms with Gasteiger partial charge in [0.05, 0.1) is 6.61 Å². The number of carbonyl (C=O) groups excluding carboxylic acids is 1. The van der Waals surface area contributed by atoms with Crippen LogP contribution in [0.1, 0.15) is 16.7 Å². The molecule has 0 aliphatic rings. The second kappa shape index (κ2) is 8.92. The molecule has 3 aromatic carbocycles. The van der Waals surface area contributed by atoms with Gasteiger partial charge in [-0.25, -0.2) is 0 Å². The monoisotopic (exact) mass is 399 g/mol. The van der Waals surface area contributed by atoms with Gasteiger partial charge in [0.25, 0.3) is 11.5 Å². The zero-order chi connectivity index (χ0) is 20.7. The second-order valence-corrected chi connectivity index (χ2v) is 6.49. The minimum absolute atomic E-state index is 0.0426. The van der Waals surface area contributed by atoms with Crippen molar-refractivity contribution in [2.45, 2.75) is 24.9 Å². The molecule has 0 aromatic heterocycles. The summed E-state index contributed by atoms with van der Waals surface area (Å²) in [4.78, 5) is 13.0. The number of ether oxygens (including phenoxy) is 1. The van der Waals surface area contributed by atoms with E-state index in [-0.39, 0.29) is 18.7 Å². The lowest BCUT2D eigenvalue weighted by atomic mass is 9.91. The standard InChI is InChI=1S/C23H20F3NO2/c24-23(25,26)22(20-14-8-3-9-15-20,29-17-19-12-6-2-7-13-19)21(28)27-16-18-10-4-1-5-11-18/h1-15H,16-17H2,(H,27,28). The SMILES string of the molecule is O=C(NCc1ccccc1)C(OCc1ccccc1)(c1ccccc1)C(F)(F)F. The number of amides is 1. The highest BCUT2D eigenvalue weighted by Crippen LogP contribution is 2.43. The van der Waals surface area contributed by atoms with E-state index in [0.29, 0.717) is 11.1 Å². The van der Waals surface area contributed by atoms with Gasteiger partial charge in [0, 0.05) is 12.1 Å². The van der Waals surface area contributed by atoms with Crippen LogP contribution in [0.2, 0.25) is 0 Å². The third-order valence-corrected chi connectivity index (χ3v) is 4.49. The van der Waals surface area contributed by atoms with E-state index in [0.717, 1.165) is 0 Å². The largest absolute Gasteiger partial charge is 0.430 e. The van der Waals surface area contributed by atoms with E-state index >= 15 is 0 Å². The van der Waals surface area contributed by atoms with Crippen molar-refractivity contribution in [3.63, 3.8) is 0 Å². The van der Waals surface area contributed by atoms with Crippen molar-refractivity contribution in [1.82, 2.24) is 5.32 Å². The summed E-state index contributed by atoms with van der Waals surface area (Å²) < 4.78 is 48.4. The highest BCUT2D eigenvalue weighted by molar-refractivity contribution is 5.87. The van der Waals surface area contributed by atoms with Crippen LogP contribution < -0.4 is 5.32 Å². The maximum Gasteiger partial charge on any atom is 0.430 e. The van der Waals surface area contributed by atoms with E-state index in [9.17, 15) is 18.0 Å². The van der Waals surface area contributed by atoms with Crippen molar-refractivity contribution < 1.29 is 22.7 Å². The lowest BCUT2D eigenvalue weighted by Crippen LogP contribution is -2.56. The molecular weight excluding hydrogens is 379 g/mol. The number of alkyl halides is 3. The summed E-state index contributed by atoms with van der Waals surface area (Å²) in [6.07, 6.45) is -4.97. The quantitative estimate of drug-likeness (QED) is 0.609. The predicted molar refractivity (Wildman–Crippen MR) is 104 cm³/mol. The average Bonchev–Trinajstić information content (AvgIpc) is 2.74. The molecule has 29 heavy (non-hydrogen) atoms. The fraction of sp³-hybridized carbons (Fsp3) is 0.174. The summed E-state index contributed by atoms with van der Waals surface area (Å²) in [5.41, 5.74) is -2.17. The Morgan fingerprint density at radius 3 is 1.76 bits per heavy atom. The smallest absolute Gasteiger partial charge is 0.349 e. The maximum absolute atomic E-state index is 14.4. The second-order valence-electron chi connectivity index (χ2n) is 6.49. The molecule has 0 heterocycles. The maximum atomic E-state index is 14.4. The van der Waals surface area contributed by atoms with Crippen LogP contribution in [-0.2, 0) is 28.3 Å². The van der Waals surface area contributed by atoms with Gasteiger partial charge in [-0.3, -0.25) is 4.79 Å². The molecule has 0 bridgehead atoms. The molecule has 3 nitrogen and oxygen atoms in total. The van der Waals surface area contributed by atoms with Gasteiger partial charge in [-0.05, 0) is 11.1 Å². The molecular formula is C23H20F3NO2. The summed E-state index contributed by atoms with van der Waals surface area (Å²) in [7, 11) is 0. The first-order valence-corrected chi connectivity index (χ1v) is 9.06. The Bertz CT molecular complexity index is 915. The van der Waals surface area contributed by atoms with Crippen LogP contribution in [0.15, 0.2) is 91.0 Å². The predicted octanol–water partition coefficient (Wildman–Crippen LogP) is 4.98. The first-order valence-electron chi connectivity index (χ1n) is 9.06. The van der Waals surface area contributed by atoms with Crippen molar-refractivity contribution in [3.05, 3.63) is 108 Å². The van der Waals surface area contributed by atoms with Crippen LogP contribution in [0.25, 0.3) is 0 Å². The highest BCUT2D eigenvalue weighted by atomic mass is 19.4. The molecule has 0 saturated heterocycles. The van der Waals surface area contributed by atoms with Gasteiger partial charge in [0.15, 0.2) is 0 Å². The van der Waals surface area contributed by atoms with Crippen molar-refractivity contribution in [3.8, 4) is 0 Å². The summed E-state index contributed by atoms with van der Waals surface area (Å²) in [6, 6.07) is 24.2. The summed E-state index contributed by atoms with van der Waals surface area (Å²) >= 11 is 0. The molecule has 0 spiro atoms. The van der Waals surface area contributed by atoms with Crippen molar-refractivity contribution in [1.29, 1.82) is 0 Å². The molecule has 0 radical (unpaired) electrons. The molecule has 1 unspecified atom stereocenters. The van der Waals surface area contributed by atoms with Crippen molar-refractivity contribution in [2.75, 3.05) is 0 Å².